The first-order valence-corrected chi connectivity index (χ1v) is 12.7. The summed E-state index contributed by atoms with van der Waals surface area (Å²) in [6, 6.07) is 11.0. The van der Waals surface area contributed by atoms with Crippen molar-refractivity contribution in [1.29, 1.82) is 0 Å². The molecule has 9 nitrogen and oxygen atoms in total. The monoisotopic (exact) mass is 479 g/mol. The van der Waals surface area contributed by atoms with Crippen LogP contribution in [0.3, 0.4) is 0 Å². The van der Waals surface area contributed by atoms with Gasteiger partial charge in [-0.25, -0.2) is 0 Å². The average molecular weight is 480 g/mol. The van der Waals surface area contributed by atoms with Crippen LogP contribution in [-0.4, -0.2) is 75.7 Å². The molecule has 0 radical (unpaired) electrons. The number of carbonyl (C=O) groups excluding carboxylic acids is 3. The van der Waals surface area contributed by atoms with Gasteiger partial charge in [-0.15, -0.1) is 0 Å². The average Bonchev–Trinajstić information content (AvgIpc) is 3.54. The lowest BCUT2D eigenvalue weighted by molar-refractivity contribution is -0.127. The zero-order valence-corrected chi connectivity index (χ0v) is 20.0. The predicted molar refractivity (Wildman–Crippen MR) is 129 cm³/mol. The fourth-order valence-corrected chi connectivity index (χ4v) is 5.23. The zero-order chi connectivity index (χ0) is 24.2. The summed E-state index contributed by atoms with van der Waals surface area (Å²) in [7, 11) is 0. The van der Waals surface area contributed by atoms with Crippen molar-refractivity contribution >= 4 is 17.7 Å². The van der Waals surface area contributed by atoms with E-state index in [0.29, 0.717) is 44.8 Å². The van der Waals surface area contributed by atoms with Crippen LogP contribution in [-0.2, 0) is 22.6 Å². The molecule has 2 saturated heterocycles. The van der Waals surface area contributed by atoms with Crippen LogP contribution < -0.4 is 5.32 Å². The predicted octanol–water partition coefficient (Wildman–Crippen LogP) is 2.22. The maximum absolute atomic E-state index is 13.5. The molecule has 1 aromatic carbocycles. The molecule has 35 heavy (non-hydrogen) atoms. The summed E-state index contributed by atoms with van der Waals surface area (Å²) in [4.78, 5) is 43.2. The molecule has 0 unspecified atom stereocenters. The van der Waals surface area contributed by atoms with Crippen molar-refractivity contribution < 1.29 is 19.1 Å². The first-order valence-electron chi connectivity index (χ1n) is 12.7. The van der Waals surface area contributed by atoms with E-state index in [9.17, 15) is 14.4 Å². The molecule has 3 aliphatic rings. The number of ether oxygens (including phenoxy) is 1. The summed E-state index contributed by atoms with van der Waals surface area (Å²) < 4.78 is 7.25. The van der Waals surface area contributed by atoms with E-state index in [1.54, 1.807) is 15.6 Å². The van der Waals surface area contributed by atoms with E-state index in [1.165, 1.54) is 0 Å². The van der Waals surface area contributed by atoms with Crippen LogP contribution in [0, 0.1) is 0 Å². The highest BCUT2D eigenvalue weighted by molar-refractivity contribution is 5.99. The van der Waals surface area contributed by atoms with Gasteiger partial charge in [-0.05, 0) is 44.1 Å². The van der Waals surface area contributed by atoms with Gasteiger partial charge in [0.1, 0.15) is 11.7 Å². The van der Waals surface area contributed by atoms with E-state index in [-0.39, 0.29) is 29.5 Å². The van der Waals surface area contributed by atoms with Crippen LogP contribution in [0.15, 0.2) is 36.4 Å². The third kappa shape index (κ3) is 5.24. The van der Waals surface area contributed by atoms with Crippen LogP contribution in [0.4, 0.5) is 0 Å². The maximum Gasteiger partial charge on any atom is 0.275 e. The Balaban J connectivity index is 1.29. The molecule has 2 fully saturated rings. The van der Waals surface area contributed by atoms with Gasteiger partial charge in [0.2, 0.25) is 5.91 Å². The van der Waals surface area contributed by atoms with Gasteiger partial charge in [-0.1, -0.05) is 30.3 Å². The highest BCUT2D eigenvalue weighted by atomic mass is 16.5. The molecule has 5 rings (SSSR count). The van der Waals surface area contributed by atoms with Gasteiger partial charge in [0.15, 0.2) is 5.69 Å². The second-order valence-electron chi connectivity index (χ2n) is 9.59. The number of amides is 3. The molecular formula is C26H33N5O4. The number of benzene rings is 1. The van der Waals surface area contributed by atoms with Crippen LogP contribution in [0.2, 0.25) is 0 Å². The number of hydrogen-bond acceptors (Lipinski definition) is 5. The highest BCUT2D eigenvalue weighted by Gasteiger charge is 2.35. The minimum atomic E-state index is -0.524. The van der Waals surface area contributed by atoms with Gasteiger partial charge in [-0.3, -0.25) is 19.1 Å². The third-order valence-electron chi connectivity index (χ3n) is 7.11. The molecular weight excluding hydrogens is 446 g/mol. The second-order valence-corrected chi connectivity index (χ2v) is 9.59. The molecule has 2 aromatic rings. The molecule has 0 spiro atoms. The molecule has 0 aliphatic carbocycles. The zero-order valence-electron chi connectivity index (χ0n) is 20.0. The van der Waals surface area contributed by atoms with Crippen molar-refractivity contribution in [1.82, 2.24) is 24.9 Å². The Hall–Kier alpha value is -3.20. The van der Waals surface area contributed by atoms with E-state index in [2.05, 4.69) is 10.4 Å². The quantitative estimate of drug-likeness (QED) is 0.685. The van der Waals surface area contributed by atoms with Crippen LogP contribution >= 0.6 is 0 Å². The van der Waals surface area contributed by atoms with Crippen LogP contribution in [0.25, 0.3) is 0 Å². The van der Waals surface area contributed by atoms with Crippen LogP contribution in [0.1, 0.15) is 65.1 Å². The SMILES string of the molecule is O=C(NC[C@@H]1CCCO1)[C@@H]1CCCCN1C(=O)c1cc2n(n1)CCCN(Cc1ccccc1)C2=O. The number of likely N-dealkylation sites (tertiary alicyclic amines) is 1. The Labute approximate surface area is 205 Å². The molecule has 1 N–H and O–H groups in total. The molecule has 9 heteroatoms. The topological polar surface area (TPSA) is 96.8 Å². The summed E-state index contributed by atoms with van der Waals surface area (Å²) in [6.45, 7) is 3.45. The Bertz CT molecular complexity index is 1060. The first kappa shape index (κ1) is 23.5. The number of aromatic nitrogens is 2. The van der Waals surface area contributed by atoms with Crippen molar-refractivity contribution in [3.05, 3.63) is 53.3 Å². The first-order chi connectivity index (χ1) is 17.1. The van der Waals surface area contributed by atoms with Gasteiger partial charge >= 0.3 is 0 Å². The van der Waals surface area contributed by atoms with E-state index in [0.717, 1.165) is 44.3 Å². The largest absolute Gasteiger partial charge is 0.376 e. The molecule has 4 heterocycles. The summed E-state index contributed by atoms with van der Waals surface area (Å²) in [6.07, 6.45) is 5.15. The van der Waals surface area contributed by atoms with E-state index < -0.39 is 6.04 Å². The lowest BCUT2D eigenvalue weighted by atomic mass is 10.0. The molecule has 3 aliphatic heterocycles. The summed E-state index contributed by atoms with van der Waals surface area (Å²) in [5.74, 6) is -0.549. The third-order valence-corrected chi connectivity index (χ3v) is 7.11. The van der Waals surface area contributed by atoms with Crippen molar-refractivity contribution in [2.75, 3.05) is 26.2 Å². The summed E-state index contributed by atoms with van der Waals surface area (Å²) in [5.41, 5.74) is 1.72. The Morgan fingerprint density at radius 3 is 2.69 bits per heavy atom. The van der Waals surface area contributed by atoms with Gasteiger partial charge in [0.05, 0.1) is 6.10 Å². The maximum atomic E-state index is 13.5. The highest BCUT2D eigenvalue weighted by Crippen LogP contribution is 2.22. The Morgan fingerprint density at radius 1 is 1.03 bits per heavy atom. The molecule has 0 bridgehead atoms. The summed E-state index contributed by atoms with van der Waals surface area (Å²) >= 11 is 0. The van der Waals surface area contributed by atoms with Gasteiger partial charge in [0, 0.05) is 45.4 Å². The van der Waals surface area contributed by atoms with Crippen molar-refractivity contribution in [3.8, 4) is 0 Å². The molecule has 2 atom stereocenters. The lowest BCUT2D eigenvalue weighted by Crippen LogP contribution is -2.52. The Kier molecular flexibility index (Phi) is 7.13. The van der Waals surface area contributed by atoms with Gasteiger partial charge in [0.25, 0.3) is 11.8 Å². The normalized spacial score (nSPS) is 22.6. The van der Waals surface area contributed by atoms with E-state index in [1.807, 2.05) is 35.2 Å². The number of piperidine rings is 1. The number of rotatable bonds is 6. The number of aryl methyl sites for hydroxylation is 1. The van der Waals surface area contributed by atoms with E-state index >= 15 is 0 Å². The molecule has 0 saturated carbocycles. The lowest BCUT2D eigenvalue weighted by Gasteiger charge is -2.34. The fraction of sp³-hybridized carbons (Fsp3) is 0.538. The van der Waals surface area contributed by atoms with Crippen molar-refractivity contribution in [3.63, 3.8) is 0 Å². The van der Waals surface area contributed by atoms with Crippen LogP contribution in [0.5, 0.6) is 0 Å². The number of carbonyl (C=O) groups is 3. The molecule has 1 aromatic heterocycles. The van der Waals surface area contributed by atoms with E-state index in [4.69, 9.17) is 4.74 Å². The Morgan fingerprint density at radius 2 is 1.89 bits per heavy atom. The van der Waals surface area contributed by atoms with Crippen molar-refractivity contribution in [2.45, 2.75) is 63.8 Å². The second kappa shape index (κ2) is 10.6. The number of nitrogens with one attached hydrogen (secondary N) is 1. The van der Waals surface area contributed by atoms with Gasteiger partial charge in [-0.2, -0.15) is 5.10 Å². The minimum Gasteiger partial charge on any atom is -0.376 e. The fourth-order valence-electron chi connectivity index (χ4n) is 5.23. The number of nitrogens with zero attached hydrogens (tertiary/aromatic N) is 4. The van der Waals surface area contributed by atoms with Crippen molar-refractivity contribution in [2.24, 2.45) is 0 Å². The minimum absolute atomic E-state index is 0.0559. The van der Waals surface area contributed by atoms with Gasteiger partial charge < -0.3 is 19.9 Å². The molecule has 3 amide bonds. The number of hydrogen-bond donors (Lipinski definition) is 1. The molecule has 186 valence electrons. The summed E-state index contributed by atoms with van der Waals surface area (Å²) in [5, 5.41) is 7.49. The number of fused-ring (bicyclic) bond motifs is 1. The standard InChI is InChI=1S/C26H33N5O4/c32-24(27-17-20-10-6-15-35-20)22-11-4-5-13-30(22)25(33)21-16-23-26(34)29(12-7-14-31(23)28-21)18-19-8-2-1-3-9-19/h1-3,8-9,16,20,22H,4-7,10-15,17-18H2,(H,27,32)/t20-,22-/m0/s1. The smallest absolute Gasteiger partial charge is 0.275 e.